The highest BCUT2D eigenvalue weighted by Gasteiger charge is 2.14. The Kier molecular flexibility index (Phi) is 2.36. The van der Waals surface area contributed by atoms with Gasteiger partial charge in [0.05, 0.1) is 0 Å². The summed E-state index contributed by atoms with van der Waals surface area (Å²) in [6.07, 6.45) is 0. The molecule has 0 spiro atoms. The third kappa shape index (κ3) is 1.54. The maximum absolute atomic E-state index is 11.3. The molecule has 0 amide bonds. The SMILES string of the molecule is CC(=O)c1c(C)c(C)c(C)oc1=O. The van der Waals surface area contributed by atoms with Gasteiger partial charge in [-0.3, -0.25) is 4.79 Å². The van der Waals surface area contributed by atoms with Crippen molar-refractivity contribution in [2.24, 2.45) is 0 Å². The van der Waals surface area contributed by atoms with Crippen LogP contribution in [0.2, 0.25) is 0 Å². The van der Waals surface area contributed by atoms with Crippen molar-refractivity contribution in [1.29, 1.82) is 0 Å². The summed E-state index contributed by atoms with van der Waals surface area (Å²) in [5.41, 5.74) is 1.22. The maximum Gasteiger partial charge on any atom is 0.347 e. The van der Waals surface area contributed by atoms with Crippen LogP contribution in [0.15, 0.2) is 9.21 Å². The molecule has 1 rings (SSSR count). The van der Waals surface area contributed by atoms with Crippen LogP contribution in [-0.4, -0.2) is 5.78 Å². The summed E-state index contributed by atoms with van der Waals surface area (Å²) in [5, 5.41) is 0. The molecule has 0 unspecified atom stereocenters. The Morgan fingerprint density at radius 2 is 1.69 bits per heavy atom. The Bertz CT molecular complexity index is 413. The quantitative estimate of drug-likeness (QED) is 0.619. The van der Waals surface area contributed by atoms with E-state index in [-0.39, 0.29) is 11.3 Å². The lowest BCUT2D eigenvalue weighted by atomic mass is 10.0. The normalized spacial score (nSPS) is 10.2. The first kappa shape index (κ1) is 9.71. The first-order chi connectivity index (χ1) is 5.95. The molecule has 0 atom stereocenters. The van der Waals surface area contributed by atoms with E-state index in [4.69, 9.17) is 4.42 Å². The summed E-state index contributed by atoms with van der Waals surface area (Å²) in [6.45, 7) is 6.68. The highest BCUT2D eigenvalue weighted by Crippen LogP contribution is 2.13. The average Bonchev–Trinajstić information content (AvgIpc) is 1.99. The van der Waals surface area contributed by atoms with E-state index in [2.05, 4.69) is 0 Å². The molecule has 0 saturated carbocycles. The van der Waals surface area contributed by atoms with Crippen molar-refractivity contribution >= 4 is 5.78 Å². The minimum atomic E-state index is -0.534. The van der Waals surface area contributed by atoms with E-state index >= 15 is 0 Å². The van der Waals surface area contributed by atoms with Gasteiger partial charge in [-0.1, -0.05) is 0 Å². The molecule has 13 heavy (non-hydrogen) atoms. The first-order valence-corrected chi connectivity index (χ1v) is 4.07. The summed E-state index contributed by atoms with van der Waals surface area (Å²) in [5.74, 6) is 0.335. The molecule has 1 aromatic heterocycles. The molecule has 0 aliphatic carbocycles. The van der Waals surface area contributed by atoms with Crippen LogP contribution >= 0.6 is 0 Å². The lowest BCUT2D eigenvalue weighted by Gasteiger charge is -2.05. The number of carbonyl (C=O) groups excluding carboxylic acids is 1. The van der Waals surface area contributed by atoms with Crippen LogP contribution in [-0.2, 0) is 0 Å². The van der Waals surface area contributed by atoms with Crippen molar-refractivity contribution in [1.82, 2.24) is 0 Å². The fraction of sp³-hybridized carbons (Fsp3) is 0.400. The van der Waals surface area contributed by atoms with Gasteiger partial charge in [0, 0.05) is 0 Å². The number of Topliss-reactive ketones (excluding diaryl/α,β-unsaturated/α-hetero) is 1. The smallest absolute Gasteiger partial charge is 0.347 e. The number of carbonyl (C=O) groups is 1. The van der Waals surface area contributed by atoms with Crippen LogP contribution in [0.1, 0.15) is 34.2 Å². The molecule has 3 heteroatoms. The third-order valence-electron chi connectivity index (χ3n) is 2.27. The zero-order chi connectivity index (χ0) is 10.2. The second kappa shape index (κ2) is 3.17. The van der Waals surface area contributed by atoms with Crippen molar-refractivity contribution in [3.05, 3.63) is 32.9 Å². The topological polar surface area (TPSA) is 47.3 Å². The summed E-state index contributed by atoms with van der Waals surface area (Å²) in [6, 6.07) is 0. The van der Waals surface area contributed by atoms with E-state index in [1.165, 1.54) is 6.92 Å². The zero-order valence-corrected chi connectivity index (χ0v) is 8.22. The van der Waals surface area contributed by atoms with Crippen molar-refractivity contribution in [3.63, 3.8) is 0 Å². The predicted molar refractivity (Wildman–Crippen MR) is 49.2 cm³/mol. The standard InChI is InChI=1S/C10H12O3/c1-5-6(2)9(7(3)11)10(12)13-8(5)4/h1-4H3. The van der Waals surface area contributed by atoms with E-state index in [1.807, 2.05) is 6.92 Å². The van der Waals surface area contributed by atoms with Crippen LogP contribution in [0.25, 0.3) is 0 Å². The molecule has 0 fully saturated rings. The van der Waals surface area contributed by atoms with Gasteiger partial charge in [0.2, 0.25) is 0 Å². The van der Waals surface area contributed by atoms with Gasteiger partial charge in [0.15, 0.2) is 5.78 Å². The number of aryl methyl sites for hydroxylation is 1. The zero-order valence-electron chi connectivity index (χ0n) is 8.22. The van der Waals surface area contributed by atoms with Crippen molar-refractivity contribution in [2.75, 3.05) is 0 Å². The lowest BCUT2D eigenvalue weighted by molar-refractivity contribution is 0.101. The molecule has 1 aromatic rings. The molecule has 0 aromatic carbocycles. The van der Waals surface area contributed by atoms with Gasteiger partial charge in [0.25, 0.3) is 0 Å². The van der Waals surface area contributed by atoms with E-state index < -0.39 is 5.63 Å². The molecule has 0 aliphatic heterocycles. The monoisotopic (exact) mass is 180 g/mol. The highest BCUT2D eigenvalue weighted by molar-refractivity contribution is 5.95. The molecule has 0 radical (unpaired) electrons. The second-order valence-electron chi connectivity index (χ2n) is 3.13. The van der Waals surface area contributed by atoms with Gasteiger partial charge in [-0.15, -0.1) is 0 Å². The van der Waals surface area contributed by atoms with E-state index in [1.54, 1.807) is 13.8 Å². The van der Waals surface area contributed by atoms with Gasteiger partial charge in [0.1, 0.15) is 11.3 Å². The summed E-state index contributed by atoms with van der Waals surface area (Å²) < 4.78 is 4.90. The van der Waals surface area contributed by atoms with Gasteiger partial charge >= 0.3 is 5.63 Å². The number of rotatable bonds is 1. The minimum Gasteiger partial charge on any atom is -0.427 e. The first-order valence-electron chi connectivity index (χ1n) is 4.07. The van der Waals surface area contributed by atoms with Gasteiger partial charge < -0.3 is 4.42 Å². The predicted octanol–water partition coefficient (Wildman–Crippen LogP) is 1.77. The Balaban J connectivity index is 3.63. The highest BCUT2D eigenvalue weighted by atomic mass is 16.4. The Labute approximate surface area is 76.4 Å². The molecule has 0 saturated heterocycles. The average molecular weight is 180 g/mol. The Morgan fingerprint density at radius 3 is 2.15 bits per heavy atom. The summed E-state index contributed by atoms with van der Waals surface area (Å²) in [7, 11) is 0. The second-order valence-corrected chi connectivity index (χ2v) is 3.13. The van der Waals surface area contributed by atoms with Crippen LogP contribution in [0, 0.1) is 20.8 Å². The maximum atomic E-state index is 11.3. The molecule has 0 N–H and O–H groups in total. The van der Waals surface area contributed by atoms with Gasteiger partial charge in [-0.25, -0.2) is 4.79 Å². The fourth-order valence-corrected chi connectivity index (χ4v) is 1.28. The van der Waals surface area contributed by atoms with E-state index in [9.17, 15) is 9.59 Å². The molecule has 0 aliphatic rings. The van der Waals surface area contributed by atoms with Crippen molar-refractivity contribution in [2.45, 2.75) is 27.7 Å². The number of hydrogen-bond acceptors (Lipinski definition) is 3. The van der Waals surface area contributed by atoms with Crippen LogP contribution in [0.5, 0.6) is 0 Å². The summed E-state index contributed by atoms with van der Waals surface area (Å²) >= 11 is 0. The van der Waals surface area contributed by atoms with E-state index in [0.29, 0.717) is 5.76 Å². The fourth-order valence-electron chi connectivity index (χ4n) is 1.28. The van der Waals surface area contributed by atoms with Crippen LogP contribution < -0.4 is 5.63 Å². The molecular weight excluding hydrogens is 168 g/mol. The molecule has 3 nitrogen and oxygen atoms in total. The van der Waals surface area contributed by atoms with Crippen molar-refractivity contribution in [3.8, 4) is 0 Å². The number of ketones is 1. The van der Waals surface area contributed by atoms with Crippen LogP contribution in [0.4, 0.5) is 0 Å². The minimum absolute atomic E-state index is 0.170. The van der Waals surface area contributed by atoms with E-state index in [0.717, 1.165) is 11.1 Å². The lowest BCUT2D eigenvalue weighted by Crippen LogP contribution is -2.16. The number of hydrogen-bond donors (Lipinski definition) is 0. The van der Waals surface area contributed by atoms with Gasteiger partial charge in [-0.05, 0) is 38.8 Å². The molecule has 70 valence electrons. The third-order valence-corrected chi connectivity index (χ3v) is 2.27. The van der Waals surface area contributed by atoms with Gasteiger partial charge in [-0.2, -0.15) is 0 Å². The largest absolute Gasteiger partial charge is 0.427 e. The summed E-state index contributed by atoms with van der Waals surface area (Å²) in [4.78, 5) is 22.4. The molecule has 0 bridgehead atoms. The molecule has 1 heterocycles. The van der Waals surface area contributed by atoms with Crippen LogP contribution in [0.3, 0.4) is 0 Å². The Morgan fingerprint density at radius 1 is 1.15 bits per heavy atom. The van der Waals surface area contributed by atoms with Crippen molar-refractivity contribution < 1.29 is 9.21 Å². The molecular formula is C10H12O3. The Hall–Kier alpha value is -1.38.